The molecule has 8 heteroatoms. The third-order valence-electron chi connectivity index (χ3n) is 6.36. The van der Waals surface area contributed by atoms with E-state index in [0.717, 1.165) is 27.5 Å². The Kier molecular flexibility index (Phi) is 6.90. The number of carbonyl (C=O) groups is 1. The van der Waals surface area contributed by atoms with E-state index in [-0.39, 0.29) is 5.11 Å². The second-order valence-electron chi connectivity index (χ2n) is 9.21. The monoisotopic (exact) mass is 563 g/mol. The van der Waals surface area contributed by atoms with Gasteiger partial charge in [-0.2, -0.15) is 0 Å². The molecule has 0 aliphatic carbocycles. The molecular formula is C32H22ClN3O3S. The molecule has 6 rings (SSSR count). The number of furan rings is 1. The van der Waals surface area contributed by atoms with E-state index in [1.807, 2.05) is 73.7 Å². The summed E-state index contributed by atoms with van der Waals surface area (Å²) in [6.45, 7) is 1.94. The standard InChI is InChI=1S/C32H22ClN3O3S/c1-19-6-7-22(17-26(19)33)28-14-11-25(38-28)12-15-30(37)36-32(40)34-24-10-13-29-27(18-24)35-31(39-29)23-9-8-20-4-2-3-5-21(20)16-23/h2-18H,1H3,(H2,34,36,37,40)/b15-12+. The van der Waals surface area contributed by atoms with Gasteiger partial charge in [-0.1, -0.05) is 54.1 Å². The summed E-state index contributed by atoms with van der Waals surface area (Å²) < 4.78 is 11.8. The molecule has 0 radical (unpaired) electrons. The Hall–Kier alpha value is -4.72. The average Bonchev–Trinajstić information content (AvgIpc) is 3.60. The number of nitrogens with one attached hydrogen (secondary N) is 2. The van der Waals surface area contributed by atoms with E-state index in [1.54, 1.807) is 12.1 Å². The summed E-state index contributed by atoms with van der Waals surface area (Å²) in [6.07, 6.45) is 2.93. The van der Waals surface area contributed by atoms with Crippen LogP contribution < -0.4 is 10.6 Å². The molecule has 0 fully saturated rings. The SMILES string of the molecule is Cc1ccc(-c2ccc(/C=C/C(=O)NC(=S)Nc3ccc4oc(-c5ccc6ccccc6c5)nc4c3)o2)cc1Cl. The first-order valence-corrected chi connectivity index (χ1v) is 13.3. The summed E-state index contributed by atoms with van der Waals surface area (Å²) >= 11 is 11.5. The Morgan fingerprint density at radius 3 is 2.58 bits per heavy atom. The molecule has 0 aliphatic heterocycles. The number of fused-ring (bicyclic) bond motifs is 2. The normalized spacial score (nSPS) is 11.3. The molecule has 2 N–H and O–H groups in total. The van der Waals surface area contributed by atoms with E-state index in [0.29, 0.717) is 39.2 Å². The zero-order valence-electron chi connectivity index (χ0n) is 21.3. The van der Waals surface area contributed by atoms with Gasteiger partial charge in [0.25, 0.3) is 0 Å². The van der Waals surface area contributed by atoms with Gasteiger partial charge in [0.05, 0.1) is 0 Å². The number of thiocarbonyl (C=S) groups is 1. The van der Waals surface area contributed by atoms with Gasteiger partial charge in [-0.25, -0.2) is 4.98 Å². The fourth-order valence-electron chi connectivity index (χ4n) is 4.27. The molecule has 0 saturated heterocycles. The molecule has 0 saturated carbocycles. The van der Waals surface area contributed by atoms with Crippen molar-refractivity contribution in [2.24, 2.45) is 0 Å². The Morgan fingerprint density at radius 1 is 0.900 bits per heavy atom. The number of oxazole rings is 1. The van der Waals surface area contributed by atoms with E-state index in [1.165, 1.54) is 6.08 Å². The first-order chi connectivity index (χ1) is 19.4. The van der Waals surface area contributed by atoms with E-state index in [2.05, 4.69) is 33.8 Å². The summed E-state index contributed by atoms with van der Waals surface area (Å²) in [7, 11) is 0. The number of carbonyl (C=O) groups excluding carboxylic acids is 1. The van der Waals surface area contributed by atoms with Gasteiger partial charge in [0, 0.05) is 27.9 Å². The molecule has 4 aromatic carbocycles. The van der Waals surface area contributed by atoms with Crippen molar-refractivity contribution in [1.82, 2.24) is 10.3 Å². The number of nitrogens with zero attached hydrogens (tertiary/aromatic N) is 1. The van der Waals surface area contributed by atoms with Crippen molar-refractivity contribution in [2.45, 2.75) is 6.92 Å². The lowest BCUT2D eigenvalue weighted by molar-refractivity contribution is -0.115. The van der Waals surface area contributed by atoms with Gasteiger partial charge >= 0.3 is 0 Å². The van der Waals surface area contributed by atoms with Crippen molar-refractivity contribution in [1.29, 1.82) is 0 Å². The van der Waals surface area contributed by atoms with Crippen molar-refractivity contribution in [3.8, 4) is 22.8 Å². The summed E-state index contributed by atoms with van der Waals surface area (Å²) in [5, 5.41) is 8.75. The quantitative estimate of drug-likeness (QED) is 0.162. The highest BCUT2D eigenvalue weighted by Gasteiger charge is 2.11. The van der Waals surface area contributed by atoms with Crippen LogP contribution in [0.15, 0.2) is 106 Å². The molecule has 2 heterocycles. The smallest absolute Gasteiger partial charge is 0.250 e. The fraction of sp³-hybridized carbons (Fsp3) is 0.0312. The first-order valence-electron chi connectivity index (χ1n) is 12.5. The Labute approximate surface area is 240 Å². The highest BCUT2D eigenvalue weighted by molar-refractivity contribution is 7.80. The van der Waals surface area contributed by atoms with Crippen molar-refractivity contribution in [3.05, 3.63) is 113 Å². The fourth-order valence-corrected chi connectivity index (χ4v) is 4.67. The van der Waals surface area contributed by atoms with Crippen LogP contribution in [0.5, 0.6) is 0 Å². The van der Waals surface area contributed by atoms with Gasteiger partial charge in [0.2, 0.25) is 11.8 Å². The summed E-state index contributed by atoms with van der Waals surface area (Å²) in [5.74, 6) is 1.33. The molecule has 0 aliphatic rings. The molecule has 0 bridgehead atoms. The van der Waals surface area contributed by atoms with Crippen molar-refractivity contribution >= 4 is 68.5 Å². The highest BCUT2D eigenvalue weighted by Crippen LogP contribution is 2.29. The van der Waals surface area contributed by atoms with E-state index < -0.39 is 5.91 Å². The molecule has 0 unspecified atom stereocenters. The minimum Gasteiger partial charge on any atom is -0.457 e. The van der Waals surface area contributed by atoms with Gasteiger partial charge in [-0.05, 0) is 90.1 Å². The predicted molar refractivity (Wildman–Crippen MR) is 164 cm³/mol. The summed E-state index contributed by atoms with van der Waals surface area (Å²) in [6, 6.07) is 29.0. The maximum absolute atomic E-state index is 12.4. The Morgan fingerprint density at radius 2 is 1.73 bits per heavy atom. The molecule has 6 nitrogen and oxygen atoms in total. The molecule has 196 valence electrons. The van der Waals surface area contributed by atoms with Crippen molar-refractivity contribution in [2.75, 3.05) is 5.32 Å². The number of aryl methyl sites for hydroxylation is 1. The van der Waals surface area contributed by atoms with Gasteiger partial charge < -0.3 is 14.2 Å². The molecule has 2 aromatic heterocycles. The summed E-state index contributed by atoms with van der Waals surface area (Å²) in [4.78, 5) is 17.1. The maximum Gasteiger partial charge on any atom is 0.250 e. The van der Waals surface area contributed by atoms with Crippen LogP contribution in [0, 0.1) is 6.92 Å². The minimum atomic E-state index is -0.394. The van der Waals surface area contributed by atoms with Crippen LogP contribution in [0.25, 0.3) is 50.7 Å². The summed E-state index contributed by atoms with van der Waals surface area (Å²) in [5.41, 5.74) is 4.74. The Bertz CT molecular complexity index is 1940. The molecule has 0 spiro atoms. The molecule has 1 amide bonds. The third-order valence-corrected chi connectivity index (χ3v) is 6.97. The lowest BCUT2D eigenvalue weighted by Gasteiger charge is -2.07. The average molecular weight is 564 g/mol. The van der Waals surface area contributed by atoms with E-state index in [4.69, 9.17) is 32.7 Å². The van der Waals surface area contributed by atoms with Crippen LogP contribution >= 0.6 is 23.8 Å². The van der Waals surface area contributed by atoms with Crippen LogP contribution in [-0.4, -0.2) is 16.0 Å². The van der Waals surface area contributed by atoms with Crippen LogP contribution in [0.3, 0.4) is 0 Å². The maximum atomic E-state index is 12.4. The van der Waals surface area contributed by atoms with Crippen molar-refractivity contribution in [3.63, 3.8) is 0 Å². The topological polar surface area (TPSA) is 80.3 Å². The number of halogens is 1. The van der Waals surface area contributed by atoms with Gasteiger partial charge in [-0.15, -0.1) is 0 Å². The Balaban J connectivity index is 1.09. The highest BCUT2D eigenvalue weighted by atomic mass is 35.5. The van der Waals surface area contributed by atoms with Crippen LogP contribution in [0.4, 0.5) is 5.69 Å². The van der Waals surface area contributed by atoms with Crippen LogP contribution in [0.1, 0.15) is 11.3 Å². The van der Waals surface area contributed by atoms with Crippen LogP contribution in [0.2, 0.25) is 5.02 Å². The first kappa shape index (κ1) is 25.6. The number of aromatic nitrogens is 1. The number of hydrogen-bond donors (Lipinski definition) is 2. The minimum absolute atomic E-state index is 0.154. The van der Waals surface area contributed by atoms with Crippen molar-refractivity contribution < 1.29 is 13.6 Å². The molecular weight excluding hydrogens is 542 g/mol. The zero-order valence-corrected chi connectivity index (χ0v) is 22.8. The molecule has 40 heavy (non-hydrogen) atoms. The second kappa shape index (κ2) is 10.8. The van der Waals surface area contributed by atoms with E-state index >= 15 is 0 Å². The van der Waals surface area contributed by atoms with E-state index in [9.17, 15) is 4.79 Å². The predicted octanol–water partition coefficient (Wildman–Crippen LogP) is 8.40. The number of benzene rings is 4. The largest absolute Gasteiger partial charge is 0.457 e. The second-order valence-corrected chi connectivity index (χ2v) is 10.0. The lowest BCUT2D eigenvalue weighted by atomic mass is 10.1. The lowest BCUT2D eigenvalue weighted by Crippen LogP contribution is -2.32. The molecule has 6 aromatic rings. The van der Waals surface area contributed by atoms with Gasteiger partial charge in [0.15, 0.2) is 10.7 Å². The molecule has 0 atom stereocenters. The number of amides is 1. The van der Waals surface area contributed by atoms with Gasteiger partial charge in [-0.3, -0.25) is 10.1 Å². The van der Waals surface area contributed by atoms with Gasteiger partial charge in [0.1, 0.15) is 17.0 Å². The zero-order chi connectivity index (χ0) is 27.6. The van der Waals surface area contributed by atoms with Crippen LogP contribution in [-0.2, 0) is 4.79 Å². The number of hydrogen-bond acceptors (Lipinski definition) is 5. The third kappa shape index (κ3) is 5.52. The number of rotatable bonds is 5. The number of anilines is 1.